The van der Waals surface area contributed by atoms with Crippen LogP contribution in [0.25, 0.3) is 0 Å². The van der Waals surface area contributed by atoms with Crippen LogP contribution in [0.2, 0.25) is 0 Å². The quantitative estimate of drug-likeness (QED) is 0.668. The van der Waals surface area contributed by atoms with Gasteiger partial charge in [-0.3, -0.25) is 0 Å². The number of hydrogen-bond donors (Lipinski definition) is 1. The predicted molar refractivity (Wildman–Crippen MR) is 75.4 cm³/mol. The lowest BCUT2D eigenvalue weighted by atomic mass is 9.89. The van der Waals surface area contributed by atoms with Crippen LogP contribution in [0.15, 0.2) is 22.7 Å². The second-order valence-electron chi connectivity index (χ2n) is 5.03. The molecule has 2 unspecified atom stereocenters. The average Bonchev–Trinajstić information content (AvgIpc) is 2.32. The van der Waals surface area contributed by atoms with E-state index >= 15 is 0 Å². The van der Waals surface area contributed by atoms with Crippen molar-refractivity contribution in [2.24, 2.45) is 5.92 Å². The second kappa shape index (κ2) is 5.74. The molecule has 2 N–H and O–H groups in total. The van der Waals surface area contributed by atoms with Gasteiger partial charge in [0.05, 0.1) is 5.56 Å². The van der Waals surface area contributed by atoms with Crippen LogP contribution < -0.4 is 5.73 Å². The van der Waals surface area contributed by atoms with Gasteiger partial charge in [-0.1, -0.05) is 29.3 Å². The predicted octanol–water partition coefficient (Wildman–Crippen LogP) is 3.77. The van der Waals surface area contributed by atoms with Gasteiger partial charge in [0.2, 0.25) is 0 Å². The topological polar surface area (TPSA) is 52.3 Å². The fraction of sp³-hybridized carbons (Fsp3) is 0.500. The molecule has 0 radical (unpaired) electrons. The summed E-state index contributed by atoms with van der Waals surface area (Å²) in [6.45, 7) is 2.20. The number of anilines is 1. The van der Waals surface area contributed by atoms with Crippen molar-refractivity contribution >= 4 is 27.6 Å². The Bertz CT molecular complexity index is 447. The maximum atomic E-state index is 12.1. The van der Waals surface area contributed by atoms with Crippen LogP contribution >= 0.6 is 15.9 Å². The largest absolute Gasteiger partial charge is 0.459 e. The molecule has 3 nitrogen and oxygen atoms in total. The zero-order valence-corrected chi connectivity index (χ0v) is 12.1. The SMILES string of the molecule is CC1CCCC(OC(=O)c2cc(Br)ccc2N)C1. The minimum Gasteiger partial charge on any atom is -0.459 e. The first-order valence-corrected chi connectivity index (χ1v) is 7.11. The summed E-state index contributed by atoms with van der Waals surface area (Å²) >= 11 is 3.34. The molecule has 1 aliphatic carbocycles. The Morgan fingerprint density at radius 1 is 1.44 bits per heavy atom. The van der Waals surface area contributed by atoms with Crippen LogP contribution in [0.5, 0.6) is 0 Å². The van der Waals surface area contributed by atoms with E-state index in [1.165, 1.54) is 6.42 Å². The molecule has 2 atom stereocenters. The van der Waals surface area contributed by atoms with Crippen molar-refractivity contribution in [3.63, 3.8) is 0 Å². The number of carbonyl (C=O) groups is 1. The lowest BCUT2D eigenvalue weighted by Gasteiger charge is -2.26. The van der Waals surface area contributed by atoms with Crippen molar-refractivity contribution in [2.45, 2.75) is 38.7 Å². The summed E-state index contributed by atoms with van der Waals surface area (Å²) < 4.78 is 6.38. The van der Waals surface area contributed by atoms with Crippen molar-refractivity contribution in [2.75, 3.05) is 5.73 Å². The van der Waals surface area contributed by atoms with Gasteiger partial charge in [-0.25, -0.2) is 4.79 Å². The Labute approximate surface area is 116 Å². The van der Waals surface area contributed by atoms with E-state index in [2.05, 4.69) is 22.9 Å². The summed E-state index contributed by atoms with van der Waals surface area (Å²) in [5.41, 5.74) is 6.71. The van der Waals surface area contributed by atoms with Crippen LogP contribution in [-0.2, 0) is 4.74 Å². The molecule has 0 amide bonds. The van der Waals surface area contributed by atoms with Crippen molar-refractivity contribution in [3.05, 3.63) is 28.2 Å². The summed E-state index contributed by atoms with van der Waals surface area (Å²) in [6.07, 6.45) is 4.32. The standard InChI is InChI=1S/C14H18BrNO2/c1-9-3-2-4-11(7-9)18-14(17)12-8-10(15)5-6-13(12)16/h5-6,8-9,11H,2-4,7,16H2,1H3. The molecule has 0 heterocycles. The summed E-state index contributed by atoms with van der Waals surface area (Å²) in [5.74, 6) is 0.323. The van der Waals surface area contributed by atoms with Gasteiger partial charge in [0.25, 0.3) is 0 Å². The van der Waals surface area contributed by atoms with E-state index in [0.29, 0.717) is 17.2 Å². The average molecular weight is 312 g/mol. The highest BCUT2D eigenvalue weighted by atomic mass is 79.9. The Morgan fingerprint density at radius 3 is 2.94 bits per heavy atom. The van der Waals surface area contributed by atoms with E-state index in [0.717, 1.165) is 23.7 Å². The van der Waals surface area contributed by atoms with E-state index in [1.54, 1.807) is 12.1 Å². The van der Waals surface area contributed by atoms with Crippen LogP contribution in [0, 0.1) is 5.92 Å². The zero-order valence-electron chi connectivity index (χ0n) is 10.5. The molecule has 1 saturated carbocycles. The fourth-order valence-corrected chi connectivity index (χ4v) is 2.77. The van der Waals surface area contributed by atoms with Gasteiger partial charge in [-0.15, -0.1) is 0 Å². The number of esters is 1. The molecule has 1 aromatic carbocycles. The summed E-state index contributed by atoms with van der Waals surface area (Å²) in [7, 11) is 0. The number of ether oxygens (including phenoxy) is 1. The van der Waals surface area contributed by atoms with Crippen LogP contribution in [-0.4, -0.2) is 12.1 Å². The van der Waals surface area contributed by atoms with Gasteiger partial charge in [-0.2, -0.15) is 0 Å². The van der Waals surface area contributed by atoms with Crippen molar-refractivity contribution < 1.29 is 9.53 Å². The number of hydrogen-bond acceptors (Lipinski definition) is 3. The smallest absolute Gasteiger partial charge is 0.340 e. The van der Waals surface area contributed by atoms with Gasteiger partial charge in [0, 0.05) is 10.2 Å². The van der Waals surface area contributed by atoms with Gasteiger partial charge in [-0.05, 0) is 43.4 Å². The summed E-state index contributed by atoms with van der Waals surface area (Å²) in [6, 6.07) is 5.24. The minimum atomic E-state index is -0.312. The Hall–Kier alpha value is -1.03. The molecule has 0 aromatic heterocycles. The lowest BCUT2D eigenvalue weighted by Crippen LogP contribution is -2.25. The third kappa shape index (κ3) is 3.25. The molecule has 1 aliphatic rings. The molecule has 0 saturated heterocycles. The van der Waals surface area contributed by atoms with Gasteiger partial charge < -0.3 is 10.5 Å². The minimum absolute atomic E-state index is 0.0413. The Morgan fingerprint density at radius 2 is 2.22 bits per heavy atom. The molecule has 98 valence electrons. The normalized spacial score (nSPS) is 23.7. The monoisotopic (exact) mass is 311 g/mol. The van der Waals surface area contributed by atoms with Gasteiger partial charge in [0.1, 0.15) is 6.10 Å². The van der Waals surface area contributed by atoms with Crippen LogP contribution in [0.4, 0.5) is 5.69 Å². The number of rotatable bonds is 2. The third-order valence-corrected chi connectivity index (χ3v) is 3.89. The highest BCUT2D eigenvalue weighted by molar-refractivity contribution is 9.10. The first-order valence-electron chi connectivity index (χ1n) is 6.32. The summed E-state index contributed by atoms with van der Waals surface area (Å²) in [4.78, 5) is 12.1. The number of nitrogen functional groups attached to an aromatic ring is 1. The molecule has 2 rings (SSSR count). The summed E-state index contributed by atoms with van der Waals surface area (Å²) in [5, 5.41) is 0. The molecule has 4 heteroatoms. The highest BCUT2D eigenvalue weighted by Crippen LogP contribution is 2.27. The molecular weight excluding hydrogens is 294 g/mol. The molecule has 0 bridgehead atoms. The number of halogens is 1. The van der Waals surface area contributed by atoms with E-state index < -0.39 is 0 Å². The van der Waals surface area contributed by atoms with Gasteiger partial charge in [0.15, 0.2) is 0 Å². The van der Waals surface area contributed by atoms with E-state index in [4.69, 9.17) is 10.5 Å². The van der Waals surface area contributed by atoms with E-state index in [1.807, 2.05) is 6.07 Å². The number of benzene rings is 1. The Balaban J connectivity index is 2.05. The molecule has 0 aliphatic heterocycles. The number of nitrogens with two attached hydrogens (primary N) is 1. The maximum absolute atomic E-state index is 12.1. The maximum Gasteiger partial charge on any atom is 0.340 e. The third-order valence-electron chi connectivity index (χ3n) is 3.40. The zero-order chi connectivity index (χ0) is 13.1. The van der Waals surface area contributed by atoms with E-state index in [9.17, 15) is 4.79 Å². The molecule has 18 heavy (non-hydrogen) atoms. The molecule has 1 fully saturated rings. The van der Waals surface area contributed by atoms with Crippen molar-refractivity contribution in [1.82, 2.24) is 0 Å². The van der Waals surface area contributed by atoms with Crippen LogP contribution in [0.1, 0.15) is 43.0 Å². The van der Waals surface area contributed by atoms with Crippen LogP contribution in [0.3, 0.4) is 0 Å². The number of carbonyl (C=O) groups excluding carboxylic acids is 1. The van der Waals surface area contributed by atoms with Gasteiger partial charge >= 0.3 is 5.97 Å². The fourth-order valence-electron chi connectivity index (χ4n) is 2.41. The van der Waals surface area contributed by atoms with E-state index in [-0.39, 0.29) is 12.1 Å². The lowest BCUT2D eigenvalue weighted by molar-refractivity contribution is 0.0156. The van der Waals surface area contributed by atoms with Crippen molar-refractivity contribution in [3.8, 4) is 0 Å². The molecular formula is C14H18BrNO2. The Kier molecular flexibility index (Phi) is 4.27. The highest BCUT2D eigenvalue weighted by Gasteiger charge is 2.23. The first-order chi connectivity index (χ1) is 8.56. The molecule has 0 spiro atoms. The second-order valence-corrected chi connectivity index (χ2v) is 5.95. The first kappa shape index (κ1) is 13.4. The molecule has 1 aromatic rings. The van der Waals surface area contributed by atoms with Crippen molar-refractivity contribution in [1.29, 1.82) is 0 Å².